The Hall–Kier alpha value is -2.78. The van der Waals surface area contributed by atoms with Crippen molar-refractivity contribution >= 4 is 23.5 Å². The van der Waals surface area contributed by atoms with Crippen LogP contribution in [0.4, 0.5) is 0 Å². The second kappa shape index (κ2) is 8.54. The summed E-state index contributed by atoms with van der Waals surface area (Å²) < 4.78 is 10.6. The summed E-state index contributed by atoms with van der Waals surface area (Å²) in [6, 6.07) is 10.6. The molecule has 136 valence electrons. The number of nitriles is 1. The maximum Gasteiger partial charge on any atom is 0.341 e. The van der Waals surface area contributed by atoms with E-state index in [1.54, 1.807) is 18.2 Å². The van der Waals surface area contributed by atoms with E-state index in [2.05, 4.69) is 11.4 Å². The van der Waals surface area contributed by atoms with Gasteiger partial charge in [-0.2, -0.15) is 5.26 Å². The van der Waals surface area contributed by atoms with Crippen molar-refractivity contribution in [3.05, 3.63) is 58.0 Å². The van der Waals surface area contributed by atoms with E-state index in [0.717, 1.165) is 5.56 Å². The third kappa shape index (κ3) is 4.06. The summed E-state index contributed by atoms with van der Waals surface area (Å²) in [5.41, 5.74) is 0.934. The molecule has 0 bridgehead atoms. The summed E-state index contributed by atoms with van der Waals surface area (Å²) in [6.45, 7) is 1.87. The number of carbonyl (C=O) groups excluding carboxylic acids is 2. The lowest BCUT2D eigenvalue weighted by Gasteiger charge is -2.22. The molecule has 0 spiro atoms. The Balaban J connectivity index is 2.66. The number of nitrogens with zero attached hydrogens (tertiary/aromatic N) is 1. The number of hydrogen-bond donors (Lipinski definition) is 1. The Labute approximate surface area is 156 Å². The quantitative estimate of drug-likeness (QED) is 0.777. The van der Waals surface area contributed by atoms with Gasteiger partial charge in [0.2, 0.25) is 0 Å². The van der Waals surface area contributed by atoms with Crippen LogP contribution >= 0.6 is 11.6 Å². The fourth-order valence-corrected chi connectivity index (χ4v) is 3.04. The molecule has 0 aliphatic rings. The summed E-state index contributed by atoms with van der Waals surface area (Å²) in [7, 11) is 2.72. The summed E-state index contributed by atoms with van der Waals surface area (Å²) >= 11 is 6.11. The van der Waals surface area contributed by atoms with Crippen LogP contribution in [0.1, 0.15) is 51.5 Å². The van der Waals surface area contributed by atoms with E-state index in [1.807, 2.05) is 13.0 Å². The van der Waals surface area contributed by atoms with Gasteiger partial charge in [-0.05, 0) is 23.6 Å². The van der Waals surface area contributed by atoms with Crippen LogP contribution in [-0.4, -0.2) is 26.0 Å². The van der Waals surface area contributed by atoms with Crippen molar-refractivity contribution in [1.29, 1.82) is 5.26 Å². The van der Waals surface area contributed by atoms with Crippen LogP contribution in [0.15, 0.2) is 34.7 Å². The molecule has 0 fully saturated rings. The highest BCUT2D eigenvalue weighted by Crippen LogP contribution is 2.38. The van der Waals surface area contributed by atoms with Crippen LogP contribution in [0, 0.1) is 17.2 Å². The Kier molecular flexibility index (Phi) is 6.42. The molecular formula is C19H19ClN2O4. The number of halogens is 1. The van der Waals surface area contributed by atoms with Crippen LogP contribution in [0.5, 0.6) is 0 Å². The third-order valence-corrected chi connectivity index (χ3v) is 4.32. The van der Waals surface area contributed by atoms with E-state index in [1.165, 1.54) is 20.2 Å². The van der Waals surface area contributed by atoms with Crippen molar-refractivity contribution in [2.45, 2.75) is 19.3 Å². The van der Waals surface area contributed by atoms with Gasteiger partial charge in [0.05, 0.1) is 13.2 Å². The van der Waals surface area contributed by atoms with E-state index in [-0.39, 0.29) is 29.4 Å². The van der Waals surface area contributed by atoms with Gasteiger partial charge in [0.15, 0.2) is 5.76 Å². The molecule has 1 heterocycles. The number of rotatable bonds is 6. The number of esters is 1. The molecule has 6 nitrogen and oxygen atoms in total. The van der Waals surface area contributed by atoms with E-state index in [0.29, 0.717) is 5.02 Å². The van der Waals surface area contributed by atoms with E-state index in [9.17, 15) is 9.59 Å². The molecule has 0 aliphatic heterocycles. The minimum absolute atomic E-state index is 0.000847. The number of furan rings is 1. The number of hydrogen-bond acceptors (Lipinski definition) is 5. The fourth-order valence-electron chi connectivity index (χ4n) is 2.84. The van der Waals surface area contributed by atoms with Crippen LogP contribution < -0.4 is 5.32 Å². The number of amides is 1. The molecule has 0 radical (unpaired) electrons. The molecule has 0 aliphatic carbocycles. The molecule has 1 amide bonds. The molecule has 2 atom stereocenters. The zero-order valence-electron chi connectivity index (χ0n) is 14.7. The SMILES string of the molecule is CNC(=O)c1cc(C(=O)OC)c(C(c2cccc(Cl)c2)C(C)CC#N)o1. The largest absolute Gasteiger partial charge is 0.465 e. The van der Waals surface area contributed by atoms with Crippen LogP contribution in [-0.2, 0) is 4.74 Å². The third-order valence-electron chi connectivity index (χ3n) is 4.09. The van der Waals surface area contributed by atoms with Gasteiger partial charge in [-0.15, -0.1) is 0 Å². The minimum atomic E-state index is -0.616. The predicted molar refractivity (Wildman–Crippen MR) is 96.1 cm³/mol. The van der Waals surface area contributed by atoms with Crippen molar-refractivity contribution in [3.8, 4) is 6.07 Å². The summed E-state index contributed by atoms with van der Waals surface area (Å²) in [5.74, 6) is -1.43. The first kappa shape index (κ1) is 19.5. The van der Waals surface area contributed by atoms with Gasteiger partial charge >= 0.3 is 5.97 Å². The lowest BCUT2D eigenvalue weighted by atomic mass is 9.82. The molecule has 1 aromatic carbocycles. The van der Waals surface area contributed by atoms with E-state index < -0.39 is 17.8 Å². The Morgan fingerprint density at radius 3 is 2.69 bits per heavy atom. The zero-order chi connectivity index (χ0) is 19.3. The number of carbonyl (C=O) groups is 2. The van der Waals surface area contributed by atoms with E-state index in [4.69, 9.17) is 26.0 Å². The normalized spacial score (nSPS) is 12.7. The Bertz CT molecular complexity index is 853. The van der Waals surface area contributed by atoms with Crippen LogP contribution in [0.25, 0.3) is 0 Å². The first-order valence-corrected chi connectivity index (χ1v) is 8.37. The average molecular weight is 375 g/mol. The number of nitrogens with one attached hydrogen (secondary N) is 1. The highest BCUT2D eigenvalue weighted by Gasteiger charge is 2.32. The minimum Gasteiger partial charge on any atom is -0.465 e. The highest BCUT2D eigenvalue weighted by atomic mass is 35.5. The second-order valence-electron chi connectivity index (χ2n) is 5.83. The van der Waals surface area contributed by atoms with Crippen molar-refractivity contribution < 1.29 is 18.7 Å². The van der Waals surface area contributed by atoms with Crippen molar-refractivity contribution in [3.63, 3.8) is 0 Å². The lowest BCUT2D eigenvalue weighted by molar-refractivity contribution is 0.0597. The number of ether oxygens (including phenoxy) is 1. The van der Waals surface area contributed by atoms with Gasteiger partial charge in [-0.3, -0.25) is 4.79 Å². The molecule has 26 heavy (non-hydrogen) atoms. The fraction of sp³-hybridized carbons (Fsp3) is 0.316. The highest BCUT2D eigenvalue weighted by molar-refractivity contribution is 6.30. The van der Waals surface area contributed by atoms with Crippen molar-refractivity contribution in [2.75, 3.05) is 14.2 Å². The molecule has 2 aromatic rings. The topological polar surface area (TPSA) is 92.3 Å². The molecule has 1 aromatic heterocycles. The standard InChI is InChI=1S/C19H19ClN2O4/c1-11(7-8-21)16(12-5-4-6-13(20)9-12)17-14(19(24)25-3)10-15(26-17)18(23)22-2/h4-6,9-11,16H,7H2,1-3H3,(H,22,23). The number of methoxy groups -OCH3 is 1. The molecular weight excluding hydrogens is 356 g/mol. The molecule has 7 heteroatoms. The molecule has 2 rings (SSSR count). The monoisotopic (exact) mass is 374 g/mol. The summed E-state index contributed by atoms with van der Waals surface area (Å²) in [4.78, 5) is 24.2. The smallest absolute Gasteiger partial charge is 0.341 e. The van der Waals surface area contributed by atoms with Crippen LogP contribution in [0.2, 0.25) is 5.02 Å². The predicted octanol–water partition coefficient (Wildman–Crippen LogP) is 3.76. The molecule has 1 N–H and O–H groups in total. The van der Waals surface area contributed by atoms with Gasteiger partial charge in [-0.25, -0.2) is 4.79 Å². The molecule has 0 saturated carbocycles. The van der Waals surface area contributed by atoms with Gasteiger partial charge in [0, 0.05) is 30.5 Å². The summed E-state index contributed by atoms with van der Waals surface area (Å²) in [5, 5.41) is 12.1. The first-order valence-electron chi connectivity index (χ1n) is 7.99. The van der Waals surface area contributed by atoms with Crippen LogP contribution in [0.3, 0.4) is 0 Å². The zero-order valence-corrected chi connectivity index (χ0v) is 15.5. The first-order chi connectivity index (χ1) is 12.4. The summed E-state index contributed by atoms with van der Waals surface area (Å²) in [6.07, 6.45) is 0.230. The Morgan fingerprint density at radius 2 is 2.12 bits per heavy atom. The van der Waals surface area contributed by atoms with E-state index >= 15 is 0 Å². The maximum atomic E-state index is 12.2. The van der Waals surface area contributed by atoms with Crippen molar-refractivity contribution in [2.24, 2.45) is 5.92 Å². The van der Waals surface area contributed by atoms with Crippen molar-refractivity contribution in [1.82, 2.24) is 5.32 Å². The van der Waals surface area contributed by atoms with Gasteiger partial charge in [0.25, 0.3) is 5.91 Å². The molecule has 0 saturated heterocycles. The molecule has 2 unspecified atom stereocenters. The Morgan fingerprint density at radius 1 is 1.38 bits per heavy atom. The maximum absolute atomic E-state index is 12.2. The average Bonchev–Trinajstić information content (AvgIpc) is 3.05. The van der Waals surface area contributed by atoms with Gasteiger partial charge in [-0.1, -0.05) is 30.7 Å². The second-order valence-corrected chi connectivity index (χ2v) is 6.27. The van der Waals surface area contributed by atoms with Gasteiger partial charge in [0.1, 0.15) is 11.3 Å². The lowest BCUT2D eigenvalue weighted by Crippen LogP contribution is -2.17. The number of benzene rings is 1. The van der Waals surface area contributed by atoms with Gasteiger partial charge < -0.3 is 14.5 Å².